The average Bonchev–Trinajstić information content (AvgIpc) is 2.75. The topological polar surface area (TPSA) is 105 Å². The van der Waals surface area contributed by atoms with E-state index in [0.717, 1.165) is 30.6 Å². The Bertz CT molecular complexity index is 902. The number of methoxy groups -OCH3 is 1. The van der Waals surface area contributed by atoms with Crippen LogP contribution in [-0.4, -0.2) is 60.5 Å². The van der Waals surface area contributed by atoms with Crippen LogP contribution in [0.25, 0.3) is 0 Å². The van der Waals surface area contributed by atoms with Crippen molar-refractivity contribution in [2.24, 2.45) is 5.73 Å². The number of amides is 3. The number of primary amides is 1. The number of hydrogen-bond donors (Lipinski definition) is 2. The summed E-state index contributed by atoms with van der Waals surface area (Å²) in [6.45, 7) is 1.43. The van der Waals surface area contributed by atoms with Crippen LogP contribution in [0.4, 0.5) is 4.79 Å². The molecule has 0 atom stereocenters. The molecule has 2 aromatic carbocycles. The fourth-order valence-corrected chi connectivity index (χ4v) is 3.48. The highest BCUT2D eigenvalue weighted by Crippen LogP contribution is 2.24. The van der Waals surface area contributed by atoms with Gasteiger partial charge in [-0.25, -0.2) is 9.86 Å². The van der Waals surface area contributed by atoms with Crippen LogP contribution in [0.1, 0.15) is 27.9 Å². The van der Waals surface area contributed by atoms with Gasteiger partial charge in [-0.05, 0) is 60.7 Å². The average molecular weight is 413 g/mol. The third-order valence-corrected chi connectivity index (χ3v) is 5.10. The van der Waals surface area contributed by atoms with Crippen molar-refractivity contribution in [2.45, 2.75) is 19.3 Å². The Labute approximate surface area is 175 Å². The number of nitrogens with zero attached hydrogens (tertiary/aromatic N) is 2. The number of ether oxygens (including phenoxy) is 2. The summed E-state index contributed by atoms with van der Waals surface area (Å²) in [5.74, 6) is 1.46. The minimum absolute atomic E-state index is 0.0312. The minimum Gasteiger partial charge on any atom is -0.497 e. The van der Waals surface area contributed by atoms with Crippen molar-refractivity contribution < 1.29 is 24.3 Å². The van der Waals surface area contributed by atoms with Crippen LogP contribution in [0, 0.1) is 0 Å². The molecule has 3 rings (SSSR count). The Morgan fingerprint density at radius 1 is 1.23 bits per heavy atom. The highest BCUT2D eigenvalue weighted by atomic mass is 16.5. The lowest BCUT2D eigenvalue weighted by Gasteiger charge is -2.29. The molecule has 30 heavy (non-hydrogen) atoms. The van der Waals surface area contributed by atoms with E-state index in [2.05, 4.69) is 6.07 Å². The second-order valence-corrected chi connectivity index (χ2v) is 7.13. The second kappa shape index (κ2) is 9.98. The highest BCUT2D eigenvalue weighted by molar-refractivity contribution is 5.96. The number of rotatable bonds is 9. The molecule has 0 aliphatic carbocycles. The van der Waals surface area contributed by atoms with Crippen molar-refractivity contribution in [2.75, 3.05) is 33.4 Å². The van der Waals surface area contributed by atoms with Crippen LogP contribution in [-0.2, 0) is 12.8 Å². The Hall–Kier alpha value is -3.26. The zero-order valence-electron chi connectivity index (χ0n) is 17.0. The first-order valence-corrected chi connectivity index (χ1v) is 9.91. The predicted molar refractivity (Wildman–Crippen MR) is 111 cm³/mol. The second-order valence-electron chi connectivity index (χ2n) is 7.13. The molecule has 0 fully saturated rings. The molecule has 0 unspecified atom stereocenters. The van der Waals surface area contributed by atoms with E-state index in [1.807, 2.05) is 29.2 Å². The van der Waals surface area contributed by atoms with Gasteiger partial charge in [-0.15, -0.1) is 0 Å². The van der Waals surface area contributed by atoms with Crippen LogP contribution in [0.5, 0.6) is 11.5 Å². The zero-order chi connectivity index (χ0) is 21.5. The van der Waals surface area contributed by atoms with Crippen molar-refractivity contribution in [3.05, 3.63) is 59.2 Å². The molecule has 8 nitrogen and oxygen atoms in total. The Balaban J connectivity index is 1.52. The lowest BCUT2D eigenvalue weighted by Crippen LogP contribution is -2.38. The lowest BCUT2D eigenvalue weighted by molar-refractivity contribution is -0.0464. The molecule has 3 N–H and O–H groups in total. The molecule has 8 heteroatoms. The van der Waals surface area contributed by atoms with Gasteiger partial charge in [0.2, 0.25) is 0 Å². The summed E-state index contributed by atoms with van der Waals surface area (Å²) in [6.07, 6.45) is 2.52. The Kier molecular flexibility index (Phi) is 7.13. The summed E-state index contributed by atoms with van der Waals surface area (Å²) in [5, 5.41) is 9.65. The van der Waals surface area contributed by atoms with Gasteiger partial charge in [0.05, 0.1) is 13.7 Å². The molecule has 0 radical (unpaired) electrons. The first kappa shape index (κ1) is 21.4. The molecule has 2 aromatic rings. The molecule has 160 valence electrons. The maximum absolute atomic E-state index is 12.8. The van der Waals surface area contributed by atoms with Gasteiger partial charge in [0.25, 0.3) is 5.91 Å². The van der Waals surface area contributed by atoms with Gasteiger partial charge in [0, 0.05) is 18.7 Å². The fraction of sp³-hybridized carbons (Fsp3) is 0.364. The zero-order valence-corrected chi connectivity index (χ0v) is 17.0. The molecule has 0 saturated heterocycles. The fourth-order valence-electron chi connectivity index (χ4n) is 3.48. The number of benzene rings is 2. The summed E-state index contributed by atoms with van der Waals surface area (Å²) in [4.78, 5) is 25.5. The van der Waals surface area contributed by atoms with E-state index in [9.17, 15) is 14.8 Å². The normalized spacial score (nSPS) is 13.0. The molecule has 1 aliphatic heterocycles. The number of urea groups is 1. The Morgan fingerprint density at radius 3 is 2.83 bits per heavy atom. The quantitative estimate of drug-likeness (QED) is 0.485. The highest BCUT2D eigenvalue weighted by Gasteiger charge is 2.24. The van der Waals surface area contributed by atoms with Gasteiger partial charge in [0.15, 0.2) is 0 Å². The number of carbonyl (C=O) groups excluding carboxylic acids is 2. The molecule has 1 aliphatic rings. The van der Waals surface area contributed by atoms with Crippen molar-refractivity contribution in [1.82, 2.24) is 9.96 Å². The van der Waals surface area contributed by atoms with E-state index in [-0.39, 0.29) is 19.1 Å². The van der Waals surface area contributed by atoms with Crippen LogP contribution < -0.4 is 15.2 Å². The van der Waals surface area contributed by atoms with E-state index in [0.29, 0.717) is 29.5 Å². The largest absolute Gasteiger partial charge is 0.497 e. The van der Waals surface area contributed by atoms with Crippen molar-refractivity contribution >= 4 is 11.9 Å². The minimum atomic E-state index is -0.930. The molecular weight excluding hydrogens is 386 g/mol. The van der Waals surface area contributed by atoms with E-state index in [1.54, 1.807) is 19.2 Å². The van der Waals surface area contributed by atoms with Crippen molar-refractivity contribution in [3.8, 4) is 11.5 Å². The Morgan fingerprint density at radius 2 is 2.07 bits per heavy atom. The number of fused-ring (bicyclic) bond motifs is 1. The van der Waals surface area contributed by atoms with Crippen molar-refractivity contribution in [3.63, 3.8) is 0 Å². The molecule has 3 amide bonds. The number of hydroxylamine groups is 2. The summed E-state index contributed by atoms with van der Waals surface area (Å²) in [7, 11) is 1.65. The number of nitrogens with two attached hydrogens (primary N) is 1. The predicted octanol–water partition coefficient (Wildman–Crippen LogP) is 2.48. The van der Waals surface area contributed by atoms with Gasteiger partial charge in [-0.2, -0.15) is 0 Å². The number of hydrogen-bond acceptors (Lipinski definition) is 5. The summed E-state index contributed by atoms with van der Waals surface area (Å²) < 4.78 is 10.8. The van der Waals surface area contributed by atoms with Crippen LogP contribution in [0.3, 0.4) is 0 Å². The number of carbonyl (C=O) groups is 2. The van der Waals surface area contributed by atoms with Gasteiger partial charge in [-0.1, -0.05) is 12.1 Å². The van der Waals surface area contributed by atoms with Gasteiger partial charge < -0.3 is 20.1 Å². The third-order valence-electron chi connectivity index (χ3n) is 5.10. The number of aryl methyl sites for hydroxylation is 1. The van der Waals surface area contributed by atoms with Crippen molar-refractivity contribution in [1.29, 1.82) is 0 Å². The first-order valence-electron chi connectivity index (χ1n) is 9.91. The molecular formula is C22H27N3O5. The molecule has 0 bridgehead atoms. The van der Waals surface area contributed by atoms with E-state index in [1.165, 1.54) is 5.56 Å². The lowest BCUT2D eigenvalue weighted by atomic mass is 9.98. The smallest absolute Gasteiger partial charge is 0.338 e. The summed E-state index contributed by atoms with van der Waals surface area (Å²) in [5.41, 5.74) is 7.78. The van der Waals surface area contributed by atoms with Gasteiger partial charge in [-0.3, -0.25) is 10.0 Å². The van der Waals surface area contributed by atoms with Gasteiger partial charge in [0.1, 0.15) is 18.1 Å². The van der Waals surface area contributed by atoms with Crippen LogP contribution in [0.15, 0.2) is 42.5 Å². The van der Waals surface area contributed by atoms with Crippen LogP contribution >= 0.6 is 0 Å². The maximum Gasteiger partial charge on any atom is 0.338 e. The molecule has 0 spiro atoms. The molecule has 0 aromatic heterocycles. The van der Waals surface area contributed by atoms with Crippen LogP contribution in [0.2, 0.25) is 0 Å². The summed E-state index contributed by atoms with van der Waals surface area (Å²) in [6, 6.07) is 12.4. The van der Waals surface area contributed by atoms with Gasteiger partial charge >= 0.3 is 6.03 Å². The first-order chi connectivity index (χ1) is 14.5. The monoisotopic (exact) mass is 413 g/mol. The van der Waals surface area contributed by atoms with E-state index in [4.69, 9.17) is 15.2 Å². The van der Waals surface area contributed by atoms with E-state index < -0.39 is 6.03 Å². The standard InChI is InChI=1S/C22H27N3O5/c1-29-18-6-2-4-16(14-18)5-3-10-24-11-9-17-15-19(7-8-20(17)21(24)26)30-13-12-25(28)22(23)27/h2,4,6-8,14-15,28H,3,5,9-13H2,1H3,(H2,23,27). The summed E-state index contributed by atoms with van der Waals surface area (Å²) >= 11 is 0. The molecule has 0 saturated carbocycles. The SMILES string of the molecule is COc1cccc(CCCN2CCc3cc(OCCN(O)C(N)=O)ccc3C2=O)c1. The van der Waals surface area contributed by atoms with E-state index >= 15 is 0 Å². The molecule has 1 heterocycles. The third kappa shape index (κ3) is 5.42. The maximum atomic E-state index is 12.8.